The van der Waals surface area contributed by atoms with Crippen LogP contribution in [-0.2, 0) is 6.42 Å². The number of furan rings is 1. The van der Waals surface area contributed by atoms with E-state index in [1.54, 1.807) is 6.26 Å². The number of nitrogens with two attached hydrogens (primary N) is 1. The van der Waals surface area contributed by atoms with Gasteiger partial charge in [-0.15, -0.1) is 0 Å². The van der Waals surface area contributed by atoms with Gasteiger partial charge in [0.15, 0.2) is 0 Å². The number of aryl methyl sites for hydroxylation is 1. The van der Waals surface area contributed by atoms with Crippen LogP contribution in [0.15, 0.2) is 53.1 Å². The smallest absolute Gasteiger partial charge is 0.105 e. The molecule has 2 heterocycles. The Labute approximate surface area is 117 Å². The minimum atomic E-state index is -0.00671. The minimum Gasteiger partial charge on any atom is -0.469 e. The predicted octanol–water partition coefficient (Wildman–Crippen LogP) is 2.88. The van der Waals surface area contributed by atoms with Gasteiger partial charge in [-0.3, -0.25) is 16.3 Å². The van der Waals surface area contributed by atoms with Gasteiger partial charge in [-0.05, 0) is 36.8 Å². The highest BCUT2D eigenvalue weighted by Crippen LogP contribution is 2.26. The van der Waals surface area contributed by atoms with Crippen LogP contribution in [0.2, 0.25) is 0 Å². The van der Waals surface area contributed by atoms with Crippen LogP contribution < -0.4 is 11.3 Å². The zero-order valence-corrected chi connectivity index (χ0v) is 11.3. The molecule has 0 bridgehead atoms. The Morgan fingerprint density at radius 2 is 2.10 bits per heavy atom. The molecule has 3 aromatic rings. The Bertz CT molecular complexity index is 707. The maximum Gasteiger partial charge on any atom is 0.105 e. The average Bonchev–Trinajstić information content (AvgIpc) is 2.97. The monoisotopic (exact) mass is 267 g/mol. The fourth-order valence-corrected chi connectivity index (χ4v) is 2.52. The minimum absolute atomic E-state index is 0.00671. The molecule has 0 saturated heterocycles. The second-order valence-corrected chi connectivity index (χ2v) is 4.87. The number of nitrogens with one attached hydrogen (secondary N) is 1. The average molecular weight is 267 g/mol. The first-order valence-corrected chi connectivity index (χ1v) is 6.62. The van der Waals surface area contributed by atoms with E-state index >= 15 is 0 Å². The molecule has 0 amide bonds. The maximum absolute atomic E-state index is 5.75. The van der Waals surface area contributed by atoms with Crippen molar-refractivity contribution in [1.82, 2.24) is 10.4 Å². The summed E-state index contributed by atoms with van der Waals surface area (Å²) < 4.78 is 5.42. The van der Waals surface area contributed by atoms with Crippen molar-refractivity contribution in [2.45, 2.75) is 19.4 Å². The summed E-state index contributed by atoms with van der Waals surface area (Å²) in [6, 6.07) is 14.0. The first-order chi connectivity index (χ1) is 9.78. The molecular weight excluding hydrogens is 250 g/mol. The molecule has 0 aliphatic rings. The lowest BCUT2D eigenvalue weighted by atomic mass is 9.98. The van der Waals surface area contributed by atoms with Crippen LogP contribution in [-0.4, -0.2) is 4.98 Å². The summed E-state index contributed by atoms with van der Waals surface area (Å²) in [5, 5.41) is 1.12. The van der Waals surface area contributed by atoms with Gasteiger partial charge in [0.1, 0.15) is 5.76 Å². The molecule has 4 heteroatoms. The molecule has 1 unspecified atom stereocenters. The number of nitrogens with zero attached hydrogens (tertiary/aromatic N) is 1. The summed E-state index contributed by atoms with van der Waals surface area (Å²) >= 11 is 0. The van der Waals surface area contributed by atoms with E-state index in [1.807, 2.05) is 37.3 Å². The number of para-hydroxylation sites is 1. The molecule has 0 fully saturated rings. The molecule has 0 spiro atoms. The second-order valence-electron chi connectivity index (χ2n) is 4.87. The SMILES string of the molecule is Cc1cc(C(Cc2ccco2)NN)c2ccccc2n1. The lowest BCUT2D eigenvalue weighted by molar-refractivity contribution is 0.456. The first-order valence-electron chi connectivity index (χ1n) is 6.62. The van der Waals surface area contributed by atoms with Crippen LogP contribution in [0.25, 0.3) is 10.9 Å². The van der Waals surface area contributed by atoms with E-state index in [2.05, 4.69) is 22.5 Å². The van der Waals surface area contributed by atoms with Crippen LogP contribution in [0.4, 0.5) is 0 Å². The van der Waals surface area contributed by atoms with Gasteiger partial charge in [-0.25, -0.2) is 0 Å². The van der Waals surface area contributed by atoms with Crippen LogP contribution in [0, 0.1) is 6.92 Å². The molecule has 4 nitrogen and oxygen atoms in total. The van der Waals surface area contributed by atoms with Crippen molar-refractivity contribution in [3.05, 3.63) is 65.7 Å². The Balaban J connectivity index is 2.06. The van der Waals surface area contributed by atoms with Crippen molar-refractivity contribution < 1.29 is 4.42 Å². The molecule has 3 N–H and O–H groups in total. The summed E-state index contributed by atoms with van der Waals surface area (Å²) in [6.45, 7) is 2.00. The summed E-state index contributed by atoms with van der Waals surface area (Å²) in [5.41, 5.74) is 6.01. The van der Waals surface area contributed by atoms with Gasteiger partial charge >= 0.3 is 0 Å². The number of hydrazine groups is 1. The standard InChI is InChI=1S/C16H17N3O/c1-11-9-14(13-6-2-3-7-15(13)18-11)16(19-17)10-12-5-4-8-20-12/h2-9,16,19H,10,17H2,1H3. The van der Waals surface area contributed by atoms with E-state index in [1.165, 1.54) is 0 Å². The lowest BCUT2D eigenvalue weighted by Crippen LogP contribution is -2.29. The summed E-state index contributed by atoms with van der Waals surface area (Å²) in [5.74, 6) is 6.66. The van der Waals surface area contributed by atoms with Crippen molar-refractivity contribution in [1.29, 1.82) is 0 Å². The first kappa shape index (κ1) is 12.8. The van der Waals surface area contributed by atoms with Crippen LogP contribution in [0.1, 0.15) is 23.1 Å². The van der Waals surface area contributed by atoms with Gasteiger partial charge in [0, 0.05) is 17.5 Å². The van der Waals surface area contributed by atoms with E-state index in [-0.39, 0.29) is 6.04 Å². The molecule has 20 heavy (non-hydrogen) atoms. The number of hydrogen-bond acceptors (Lipinski definition) is 4. The molecule has 2 aromatic heterocycles. The highest BCUT2D eigenvalue weighted by atomic mass is 16.3. The molecule has 0 saturated carbocycles. The van der Waals surface area contributed by atoms with E-state index in [0.717, 1.165) is 27.9 Å². The molecule has 1 aromatic carbocycles. The zero-order chi connectivity index (χ0) is 13.9. The number of aromatic nitrogens is 1. The van der Waals surface area contributed by atoms with E-state index < -0.39 is 0 Å². The predicted molar refractivity (Wildman–Crippen MR) is 79.0 cm³/mol. The zero-order valence-electron chi connectivity index (χ0n) is 11.3. The van der Waals surface area contributed by atoms with E-state index in [0.29, 0.717) is 6.42 Å². The second kappa shape index (κ2) is 5.45. The maximum atomic E-state index is 5.75. The van der Waals surface area contributed by atoms with E-state index in [9.17, 15) is 0 Å². The highest BCUT2D eigenvalue weighted by Gasteiger charge is 2.16. The Hall–Kier alpha value is -2.17. The summed E-state index contributed by atoms with van der Waals surface area (Å²) in [7, 11) is 0. The normalized spacial score (nSPS) is 12.7. The number of benzene rings is 1. The number of rotatable bonds is 4. The van der Waals surface area contributed by atoms with Crippen molar-refractivity contribution in [2.75, 3.05) is 0 Å². The van der Waals surface area contributed by atoms with Gasteiger partial charge in [0.05, 0.1) is 17.8 Å². The number of pyridine rings is 1. The summed E-state index contributed by atoms with van der Waals surface area (Å²) in [6.07, 6.45) is 2.38. The quantitative estimate of drug-likeness (QED) is 0.563. The fraction of sp³-hybridized carbons (Fsp3) is 0.188. The molecular formula is C16H17N3O. The molecule has 0 radical (unpaired) electrons. The van der Waals surface area contributed by atoms with Crippen molar-refractivity contribution in [3.8, 4) is 0 Å². The third kappa shape index (κ3) is 2.43. The highest BCUT2D eigenvalue weighted by molar-refractivity contribution is 5.82. The van der Waals surface area contributed by atoms with Gasteiger partial charge < -0.3 is 4.42 Å². The largest absolute Gasteiger partial charge is 0.469 e. The number of fused-ring (bicyclic) bond motifs is 1. The molecule has 0 aliphatic heterocycles. The van der Waals surface area contributed by atoms with Crippen LogP contribution >= 0.6 is 0 Å². The molecule has 3 rings (SSSR count). The van der Waals surface area contributed by atoms with Crippen LogP contribution in [0.3, 0.4) is 0 Å². The van der Waals surface area contributed by atoms with Crippen molar-refractivity contribution in [3.63, 3.8) is 0 Å². The van der Waals surface area contributed by atoms with Crippen molar-refractivity contribution in [2.24, 2.45) is 5.84 Å². The third-order valence-corrected chi connectivity index (χ3v) is 3.44. The Kier molecular flexibility index (Phi) is 3.50. The Morgan fingerprint density at radius 1 is 1.25 bits per heavy atom. The molecule has 0 aliphatic carbocycles. The van der Waals surface area contributed by atoms with Gasteiger partial charge in [-0.2, -0.15) is 0 Å². The van der Waals surface area contributed by atoms with Gasteiger partial charge in [0.25, 0.3) is 0 Å². The van der Waals surface area contributed by atoms with E-state index in [4.69, 9.17) is 10.3 Å². The fourth-order valence-electron chi connectivity index (χ4n) is 2.52. The summed E-state index contributed by atoms with van der Waals surface area (Å²) in [4.78, 5) is 4.56. The Morgan fingerprint density at radius 3 is 2.85 bits per heavy atom. The molecule has 1 atom stereocenters. The molecule has 102 valence electrons. The van der Waals surface area contributed by atoms with Gasteiger partial charge in [0.2, 0.25) is 0 Å². The van der Waals surface area contributed by atoms with Gasteiger partial charge in [-0.1, -0.05) is 18.2 Å². The topological polar surface area (TPSA) is 64.1 Å². The third-order valence-electron chi connectivity index (χ3n) is 3.44. The van der Waals surface area contributed by atoms with Crippen molar-refractivity contribution >= 4 is 10.9 Å². The lowest BCUT2D eigenvalue weighted by Gasteiger charge is -2.18. The number of hydrogen-bond donors (Lipinski definition) is 2. The van der Waals surface area contributed by atoms with Crippen LogP contribution in [0.5, 0.6) is 0 Å².